The highest BCUT2D eigenvalue weighted by Gasteiger charge is 2.10. The molecule has 6 heteroatoms. The largest absolute Gasteiger partial charge is 0.489 e. The van der Waals surface area contributed by atoms with Crippen molar-refractivity contribution in [2.45, 2.75) is 0 Å². The number of hydrogen-bond acceptors (Lipinski definition) is 1. The average Bonchev–Trinajstić information content (AvgIpc) is 2.84. The first-order valence-corrected chi connectivity index (χ1v) is 10.3. The van der Waals surface area contributed by atoms with Crippen LogP contribution in [0.25, 0.3) is 10.8 Å². The van der Waals surface area contributed by atoms with Gasteiger partial charge in [-0.05, 0) is 41.8 Å². The molecule has 0 atom stereocenters. The molecule has 0 radical (unpaired) electrons. The molecule has 0 spiro atoms. The Kier molecular flexibility index (Phi) is 6.85. The molecule has 0 aliphatic heterocycles. The molecule has 0 N–H and O–H groups in total. The SMILES string of the molecule is C=CCOc1cc(F)c(C#Cc2ccc(C#Cc3ccc4c(F)c(F)ccc4c3)c(F)c2)c(F)c1. The summed E-state index contributed by atoms with van der Waals surface area (Å²) >= 11 is 0. The van der Waals surface area contributed by atoms with Crippen molar-refractivity contribution in [3.05, 3.63) is 125 Å². The lowest BCUT2D eigenvalue weighted by Crippen LogP contribution is -1.97. The van der Waals surface area contributed by atoms with Crippen molar-refractivity contribution in [1.82, 2.24) is 0 Å². The standard InChI is InChI=1S/C29H15F5O/c1-2-13-35-22-16-27(32)24(28(33)17-22)11-6-19-4-8-20(26(31)15-19)7-3-18-5-10-23-21(14-18)9-12-25(30)29(23)34/h2,4-5,8-10,12,14-17H,1,13H2. The molecule has 4 aromatic rings. The number of rotatable bonds is 3. The van der Waals surface area contributed by atoms with E-state index in [9.17, 15) is 22.0 Å². The second kappa shape index (κ2) is 10.2. The van der Waals surface area contributed by atoms with E-state index in [4.69, 9.17) is 4.74 Å². The van der Waals surface area contributed by atoms with Crippen molar-refractivity contribution >= 4 is 10.8 Å². The Morgan fingerprint density at radius 2 is 1.37 bits per heavy atom. The van der Waals surface area contributed by atoms with E-state index in [1.807, 2.05) is 0 Å². The van der Waals surface area contributed by atoms with Gasteiger partial charge in [-0.25, -0.2) is 22.0 Å². The van der Waals surface area contributed by atoms with Crippen LogP contribution in [0.3, 0.4) is 0 Å². The topological polar surface area (TPSA) is 9.23 Å². The van der Waals surface area contributed by atoms with Crippen LogP contribution in [0, 0.1) is 52.8 Å². The number of fused-ring (bicyclic) bond motifs is 1. The molecule has 0 aliphatic rings. The van der Waals surface area contributed by atoms with Crippen molar-refractivity contribution in [2.75, 3.05) is 6.61 Å². The van der Waals surface area contributed by atoms with Crippen molar-refractivity contribution < 1.29 is 26.7 Å². The first-order chi connectivity index (χ1) is 16.9. The van der Waals surface area contributed by atoms with Crippen LogP contribution in [0.2, 0.25) is 0 Å². The lowest BCUT2D eigenvalue weighted by molar-refractivity contribution is 0.358. The maximum atomic E-state index is 14.5. The van der Waals surface area contributed by atoms with Gasteiger partial charge in [0.2, 0.25) is 0 Å². The molecule has 0 saturated carbocycles. The number of hydrogen-bond donors (Lipinski definition) is 0. The minimum atomic E-state index is -0.943. The minimum Gasteiger partial charge on any atom is -0.489 e. The van der Waals surface area contributed by atoms with Gasteiger partial charge in [0.05, 0.1) is 11.1 Å². The fourth-order valence-electron chi connectivity index (χ4n) is 3.22. The van der Waals surface area contributed by atoms with Gasteiger partial charge in [0.1, 0.15) is 29.8 Å². The van der Waals surface area contributed by atoms with E-state index >= 15 is 0 Å². The molecule has 0 bridgehead atoms. The first-order valence-electron chi connectivity index (χ1n) is 10.3. The van der Waals surface area contributed by atoms with E-state index in [1.54, 1.807) is 6.07 Å². The predicted octanol–water partition coefficient (Wildman–Crippen LogP) is 6.90. The molecule has 0 unspecified atom stereocenters. The third-order valence-electron chi connectivity index (χ3n) is 4.93. The summed E-state index contributed by atoms with van der Waals surface area (Å²) in [5, 5.41) is 0.581. The van der Waals surface area contributed by atoms with Gasteiger partial charge < -0.3 is 4.74 Å². The van der Waals surface area contributed by atoms with Crippen LogP contribution in [-0.2, 0) is 0 Å². The van der Waals surface area contributed by atoms with E-state index in [0.717, 1.165) is 24.3 Å². The third-order valence-corrected chi connectivity index (χ3v) is 4.93. The van der Waals surface area contributed by atoms with Gasteiger partial charge in [-0.2, -0.15) is 0 Å². The van der Waals surface area contributed by atoms with Gasteiger partial charge in [0.25, 0.3) is 0 Å². The van der Waals surface area contributed by atoms with Crippen LogP contribution in [0.5, 0.6) is 5.75 Å². The van der Waals surface area contributed by atoms with Crippen molar-refractivity contribution in [2.24, 2.45) is 0 Å². The van der Waals surface area contributed by atoms with Crippen LogP contribution in [0.4, 0.5) is 22.0 Å². The lowest BCUT2D eigenvalue weighted by atomic mass is 10.1. The van der Waals surface area contributed by atoms with E-state index in [-0.39, 0.29) is 28.9 Å². The van der Waals surface area contributed by atoms with Crippen LogP contribution in [0.15, 0.2) is 73.3 Å². The fourth-order valence-corrected chi connectivity index (χ4v) is 3.22. The van der Waals surface area contributed by atoms with Crippen LogP contribution in [-0.4, -0.2) is 6.61 Å². The highest BCUT2D eigenvalue weighted by molar-refractivity contribution is 5.84. The summed E-state index contributed by atoms with van der Waals surface area (Å²) in [5.41, 5.74) is 0.287. The van der Waals surface area contributed by atoms with Gasteiger partial charge in [-0.15, -0.1) is 0 Å². The molecule has 0 fully saturated rings. The summed E-state index contributed by atoms with van der Waals surface area (Å²) in [4.78, 5) is 0. The Morgan fingerprint density at radius 1 is 0.686 bits per heavy atom. The molecule has 1 nitrogen and oxygen atoms in total. The zero-order valence-corrected chi connectivity index (χ0v) is 18.1. The smallest absolute Gasteiger partial charge is 0.166 e. The Bertz CT molecular complexity index is 1560. The Labute approximate surface area is 198 Å². The van der Waals surface area contributed by atoms with E-state index in [2.05, 4.69) is 30.3 Å². The zero-order chi connectivity index (χ0) is 24.9. The molecule has 0 amide bonds. The summed E-state index contributed by atoms with van der Waals surface area (Å²) in [5.74, 6) is 6.00. The van der Waals surface area contributed by atoms with Gasteiger partial charge in [-0.1, -0.05) is 48.5 Å². The molecule has 4 rings (SSSR count). The maximum Gasteiger partial charge on any atom is 0.166 e. The molecule has 0 saturated heterocycles. The highest BCUT2D eigenvalue weighted by Crippen LogP contribution is 2.22. The number of benzene rings is 4. The summed E-state index contributed by atoms with van der Waals surface area (Å²) < 4.78 is 75.2. The quantitative estimate of drug-likeness (QED) is 0.178. The second-order valence-electron chi connectivity index (χ2n) is 7.35. The van der Waals surface area contributed by atoms with Gasteiger partial charge in [0, 0.05) is 28.6 Å². The van der Waals surface area contributed by atoms with E-state index < -0.39 is 34.6 Å². The maximum absolute atomic E-state index is 14.5. The Balaban J connectivity index is 1.56. The van der Waals surface area contributed by atoms with Crippen molar-refractivity contribution in [3.63, 3.8) is 0 Å². The van der Waals surface area contributed by atoms with E-state index in [0.29, 0.717) is 10.9 Å². The van der Waals surface area contributed by atoms with Gasteiger partial charge in [-0.3, -0.25) is 0 Å². The van der Waals surface area contributed by atoms with Crippen LogP contribution >= 0.6 is 0 Å². The predicted molar refractivity (Wildman–Crippen MR) is 124 cm³/mol. The molecule has 0 aromatic heterocycles. The molecule has 4 aromatic carbocycles. The second-order valence-corrected chi connectivity index (χ2v) is 7.35. The molecular formula is C29H15F5O. The zero-order valence-electron chi connectivity index (χ0n) is 18.1. The number of ether oxygens (including phenoxy) is 1. The summed E-state index contributed by atoms with van der Waals surface area (Å²) in [6.07, 6.45) is 1.44. The highest BCUT2D eigenvalue weighted by atomic mass is 19.2. The molecule has 172 valence electrons. The normalized spacial score (nSPS) is 10.2. The molecule has 35 heavy (non-hydrogen) atoms. The first kappa shape index (κ1) is 23.6. The fraction of sp³-hybridized carbons (Fsp3) is 0.0345. The monoisotopic (exact) mass is 474 g/mol. The average molecular weight is 474 g/mol. The van der Waals surface area contributed by atoms with E-state index in [1.165, 1.54) is 36.4 Å². The lowest BCUT2D eigenvalue weighted by Gasteiger charge is -2.05. The molecular weight excluding hydrogens is 459 g/mol. The van der Waals surface area contributed by atoms with Gasteiger partial charge >= 0.3 is 0 Å². The Morgan fingerprint density at radius 3 is 2.09 bits per heavy atom. The summed E-state index contributed by atoms with van der Waals surface area (Å²) in [7, 11) is 0. The van der Waals surface area contributed by atoms with Crippen molar-refractivity contribution in [3.8, 4) is 29.4 Å². The van der Waals surface area contributed by atoms with Gasteiger partial charge in [0.15, 0.2) is 11.6 Å². The Hall–Kier alpha value is -4.55. The molecule has 0 heterocycles. The summed E-state index contributed by atoms with van der Waals surface area (Å²) in [6, 6.07) is 12.9. The molecule has 0 aliphatic carbocycles. The van der Waals surface area contributed by atoms with Crippen molar-refractivity contribution in [1.29, 1.82) is 0 Å². The number of halogens is 5. The van der Waals surface area contributed by atoms with Crippen LogP contribution < -0.4 is 4.74 Å². The van der Waals surface area contributed by atoms with Crippen LogP contribution in [0.1, 0.15) is 22.3 Å². The third kappa shape index (κ3) is 5.34. The summed E-state index contributed by atoms with van der Waals surface area (Å²) in [6.45, 7) is 3.56. The minimum absolute atomic E-state index is 0.00290.